The molecule has 10 heteroatoms. The van der Waals surface area contributed by atoms with Crippen LogP contribution in [0.2, 0.25) is 10.3 Å². The molecule has 0 unspecified atom stereocenters. The summed E-state index contributed by atoms with van der Waals surface area (Å²) < 4.78 is 23.7. The number of carbonyl (C=O) groups is 1. The second-order valence-corrected chi connectivity index (χ2v) is 7.70. The van der Waals surface area contributed by atoms with Crippen molar-refractivity contribution in [1.82, 2.24) is 4.98 Å². The van der Waals surface area contributed by atoms with E-state index in [1.165, 1.54) is 12.1 Å². The lowest BCUT2D eigenvalue weighted by Crippen LogP contribution is -2.24. The zero-order valence-corrected chi connectivity index (χ0v) is 16.6. The van der Waals surface area contributed by atoms with Crippen LogP contribution in [-0.4, -0.2) is 24.2 Å². The third kappa shape index (κ3) is 5.43. The lowest BCUT2D eigenvalue weighted by atomic mass is 10.3. The van der Waals surface area contributed by atoms with Gasteiger partial charge in [-0.2, -0.15) is 0 Å². The fourth-order valence-corrected chi connectivity index (χ4v) is 4.34. The highest BCUT2D eigenvalue weighted by Crippen LogP contribution is 2.48. The highest BCUT2D eigenvalue weighted by atomic mass is 35.5. The number of amides is 2. The molecule has 2 N–H and O–H groups in total. The molecule has 2 amide bonds. The Bertz CT molecular complexity index is 805. The summed E-state index contributed by atoms with van der Waals surface area (Å²) in [4.78, 5) is 16.1. The molecule has 0 aliphatic carbocycles. The second kappa shape index (κ2) is 9.35. The number of aromatic nitrogens is 1. The van der Waals surface area contributed by atoms with E-state index in [1.54, 1.807) is 38.1 Å². The number of para-hydroxylation sites is 1. The minimum absolute atomic E-state index is 0.144. The van der Waals surface area contributed by atoms with E-state index in [1.807, 2.05) is 0 Å². The van der Waals surface area contributed by atoms with Gasteiger partial charge in [-0.05, 0) is 38.1 Å². The number of anilines is 2. The number of carbonyl (C=O) groups excluding carboxylic acids is 1. The number of urea groups is 1. The lowest BCUT2D eigenvalue weighted by molar-refractivity contribution is 0.230. The molecule has 0 atom stereocenters. The van der Waals surface area contributed by atoms with Crippen molar-refractivity contribution >= 4 is 53.5 Å². The Hall–Kier alpha value is -1.63. The zero-order valence-electron chi connectivity index (χ0n) is 14.2. The number of rotatable bonds is 7. The zero-order chi connectivity index (χ0) is 19.2. The predicted molar refractivity (Wildman–Crippen MR) is 104 cm³/mol. The van der Waals surface area contributed by atoms with Crippen molar-refractivity contribution in [2.24, 2.45) is 0 Å². The van der Waals surface area contributed by atoms with E-state index in [0.717, 1.165) is 0 Å². The topological polar surface area (TPSA) is 89.5 Å². The fraction of sp³-hybridized carbons (Fsp3) is 0.250. The standard InChI is InChI=1S/C16H18Cl2N3O4P/c1-3-24-26(23,25-4-2)13-8-6-5-7-12(13)20-16(22)19-11-9-14(17)21-15(18)10-11/h5-10H,3-4H2,1-2H3,(H2,19,20,21,22). The van der Waals surface area contributed by atoms with Gasteiger partial charge in [0.2, 0.25) is 0 Å². The van der Waals surface area contributed by atoms with E-state index in [4.69, 9.17) is 32.2 Å². The summed E-state index contributed by atoms with van der Waals surface area (Å²) >= 11 is 11.6. The average molecular weight is 418 g/mol. The largest absolute Gasteiger partial charge is 0.363 e. The van der Waals surface area contributed by atoms with Crippen molar-refractivity contribution in [3.05, 3.63) is 46.7 Å². The molecule has 1 aromatic carbocycles. The van der Waals surface area contributed by atoms with Gasteiger partial charge in [0.25, 0.3) is 0 Å². The minimum Gasteiger partial charge on any atom is -0.307 e. The molecule has 0 bridgehead atoms. The molecular weight excluding hydrogens is 400 g/mol. The first-order valence-corrected chi connectivity index (χ1v) is 10.1. The second-order valence-electron chi connectivity index (χ2n) is 4.93. The number of hydrogen-bond donors (Lipinski definition) is 2. The smallest absolute Gasteiger partial charge is 0.307 e. The van der Waals surface area contributed by atoms with Gasteiger partial charge in [-0.15, -0.1) is 0 Å². The highest BCUT2D eigenvalue weighted by molar-refractivity contribution is 7.62. The van der Waals surface area contributed by atoms with E-state index in [2.05, 4.69) is 15.6 Å². The van der Waals surface area contributed by atoms with E-state index in [0.29, 0.717) is 11.4 Å². The molecule has 2 rings (SSSR count). The normalized spacial score (nSPS) is 11.2. The summed E-state index contributed by atoms with van der Waals surface area (Å²) in [7, 11) is -3.56. The molecule has 0 spiro atoms. The van der Waals surface area contributed by atoms with Gasteiger partial charge in [-0.25, -0.2) is 9.78 Å². The molecule has 0 aliphatic rings. The minimum atomic E-state index is -3.56. The third-order valence-corrected chi connectivity index (χ3v) is 5.63. The fourth-order valence-electron chi connectivity index (χ4n) is 2.16. The molecule has 0 fully saturated rings. The van der Waals surface area contributed by atoms with Crippen molar-refractivity contribution in [2.45, 2.75) is 13.8 Å². The average Bonchev–Trinajstić information content (AvgIpc) is 2.54. The van der Waals surface area contributed by atoms with Crippen LogP contribution in [0.5, 0.6) is 0 Å². The summed E-state index contributed by atoms with van der Waals surface area (Å²) in [6.07, 6.45) is 0. The van der Waals surface area contributed by atoms with Crippen molar-refractivity contribution in [1.29, 1.82) is 0 Å². The molecule has 2 aromatic rings. The van der Waals surface area contributed by atoms with Crippen LogP contribution in [0.4, 0.5) is 16.2 Å². The first kappa shape index (κ1) is 20.7. The lowest BCUT2D eigenvalue weighted by Gasteiger charge is -2.20. The summed E-state index contributed by atoms with van der Waals surface area (Å²) in [6.45, 7) is 3.83. The summed E-state index contributed by atoms with van der Waals surface area (Å²) in [5.74, 6) is 0. The van der Waals surface area contributed by atoms with Gasteiger partial charge in [-0.3, -0.25) is 4.57 Å². The highest BCUT2D eigenvalue weighted by Gasteiger charge is 2.30. The first-order valence-electron chi connectivity index (χ1n) is 7.77. The van der Waals surface area contributed by atoms with Crippen molar-refractivity contribution in [3.8, 4) is 0 Å². The number of pyridine rings is 1. The summed E-state index contributed by atoms with van der Waals surface area (Å²) in [6, 6.07) is 8.89. The number of nitrogens with one attached hydrogen (secondary N) is 2. The van der Waals surface area contributed by atoms with Crippen molar-refractivity contribution < 1.29 is 18.4 Å². The van der Waals surface area contributed by atoms with Crippen LogP contribution in [0.1, 0.15) is 13.8 Å². The summed E-state index contributed by atoms with van der Waals surface area (Å²) in [5.41, 5.74) is 0.671. The molecule has 0 saturated heterocycles. The van der Waals surface area contributed by atoms with Crippen LogP contribution in [0.3, 0.4) is 0 Å². The van der Waals surface area contributed by atoms with Gasteiger partial charge in [-0.1, -0.05) is 35.3 Å². The SMILES string of the molecule is CCOP(=O)(OCC)c1ccccc1NC(=O)Nc1cc(Cl)nc(Cl)c1. The maximum atomic E-state index is 13.0. The molecule has 1 heterocycles. The van der Waals surface area contributed by atoms with E-state index >= 15 is 0 Å². The Labute approximate surface area is 161 Å². The predicted octanol–water partition coefficient (Wildman–Crippen LogP) is 4.92. The van der Waals surface area contributed by atoms with Crippen LogP contribution in [0, 0.1) is 0 Å². The maximum Gasteiger partial charge on any atom is 0.363 e. The monoisotopic (exact) mass is 417 g/mol. The van der Waals surface area contributed by atoms with Crippen molar-refractivity contribution in [3.63, 3.8) is 0 Å². The Morgan fingerprint density at radius 3 is 2.23 bits per heavy atom. The Kier molecular flexibility index (Phi) is 7.43. The van der Waals surface area contributed by atoms with Gasteiger partial charge in [0.05, 0.1) is 24.2 Å². The number of nitrogens with zero attached hydrogens (tertiary/aromatic N) is 1. The maximum absolute atomic E-state index is 13.0. The quantitative estimate of drug-likeness (QED) is 0.492. The third-order valence-electron chi connectivity index (χ3n) is 3.07. The molecule has 26 heavy (non-hydrogen) atoms. The molecule has 0 radical (unpaired) electrons. The number of halogens is 2. The van der Waals surface area contributed by atoms with Gasteiger partial charge in [0.1, 0.15) is 10.3 Å². The van der Waals surface area contributed by atoms with Gasteiger partial charge in [0.15, 0.2) is 0 Å². The van der Waals surface area contributed by atoms with E-state index < -0.39 is 13.6 Å². The number of hydrogen-bond acceptors (Lipinski definition) is 5. The molecule has 7 nitrogen and oxygen atoms in total. The van der Waals surface area contributed by atoms with Crippen molar-refractivity contribution in [2.75, 3.05) is 23.8 Å². The number of benzene rings is 1. The molecule has 140 valence electrons. The first-order chi connectivity index (χ1) is 12.4. The van der Waals surface area contributed by atoms with Crippen LogP contribution in [-0.2, 0) is 13.6 Å². The summed E-state index contributed by atoms with van der Waals surface area (Å²) in [5, 5.41) is 5.77. The Balaban J connectivity index is 2.24. The van der Waals surface area contributed by atoms with Crippen LogP contribution >= 0.6 is 30.8 Å². The van der Waals surface area contributed by atoms with E-state index in [9.17, 15) is 9.36 Å². The van der Waals surface area contributed by atoms with Gasteiger partial charge < -0.3 is 19.7 Å². The van der Waals surface area contributed by atoms with Gasteiger partial charge in [0, 0.05) is 5.69 Å². The van der Waals surface area contributed by atoms with E-state index in [-0.39, 0.29) is 28.8 Å². The Morgan fingerprint density at radius 1 is 1.08 bits per heavy atom. The molecule has 0 saturated carbocycles. The van der Waals surface area contributed by atoms with Crippen LogP contribution in [0.25, 0.3) is 0 Å². The Morgan fingerprint density at radius 2 is 1.65 bits per heavy atom. The molecule has 1 aromatic heterocycles. The molecule has 0 aliphatic heterocycles. The van der Waals surface area contributed by atoms with Crippen LogP contribution < -0.4 is 15.9 Å². The molecular formula is C16H18Cl2N3O4P. The van der Waals surface area contributed by atoms with Crippen LogP contribution in [0.15, 0.2) is 36.4 Å². The van der Waals surface area contributed by atoms with Gasteiger partial charge >= 0.3 is 13.6 Å².